The van der Waals surface area contributed by atoms with Crippen LogP contribution in [0.5, 0.6) is 0 Å². The molecular weight excluding hydrogens is 264 g/mol. The molecule has 0 aliphatic carbocycles. The molecule has 18 heavy (non-hydrogen) atoms. The highest BCUT2D eigenvalue weighted by Crippen LogP contribution is 2.21. The smallest absolute Gasteiger partial charge is 0.182 e. The van der Waals surface area contributed by atoms with Crippen molar-refractivity contribution >= 4 is 34.7 Å². The molecule has 0 saturated carbocycles. The largest absolute Gasteiger partial charge is 0.295 e. The maximum Gasteiger partial charge on any atom is 0.182 e. The Hall–Kier alpha value is -1.39. The van der Waals surface area contributed by atoms with E-state index in [1.165, 1.54) is 23.1 Å². The Kier molecular flexibility index (Phi) is 4.33. The zero-order valence-corrected chi connectivity index (χ0v) is 11.5. The van der Waals surface area contributed by atoms with Crippen LogP contribution in [0.25, 0.3) is 0 Å². The van der Waals surface area contributed by atoms with Crippen LogP contribution < -0.4 is 0 Å². The number of carbonyl (C=O) groups excluding carboxylic acids is 2. The van der Waals surface area contributed by atoms with Crippen molar-refractivity contribution in [3.63, 3.8) is 0 Å². The Morgan fingerprint density at radius 3 is 2.44 bits per heavy atom. The minimum atomic E-state index is 0.0567. The number of hydrogen-bond acceptors (Lipinski definition) is 4. The molecule has 2 rings (SSSR count). The molecule has 0 atom stereocenters. The van der Waals surface area contributed by atoms with Crippen molar-refractivity contribution in [2.24, 2.45) is 0 Å². The second-order valence-electron chi connectivity index (χ2n) is 3.77. The zero-order valence-electron chi connectivity index (χ0n) is 9.88. The fourth-order valence-corrected chi connectivity index (χ4v) is 2.98. The molecule has 0 bridgehead atoms. The lowest BCUT2D eigenvalue weighted by atomic mass is 10.2. The average Bonchev–Trinajstić information content (AvgIpc) is 2.90. The van der Waals surface area contributed by atoms with E-state index in [1.807, 2.05) is 29.6 Å². The Morgan fingerprint density at radius 1 is 1.17 bits per heavy atom. The number of ketones is 2. The van der Waals surface area contributed by atoms with E-state index in [2.05, 4.69) is 0 Å². The first-order valence-electron chi connectivity index (χ1n) is 5.47. The molecule has 2 aromatic rings. The molecule has 0 saturated heterocycles. The number of rotatable bonds is 5. The van der Waals surface area contributed by atoms with Gasteiger partial charge in [-0.15, -0.1) is 23.1 Å². The Morgan fingerprint density at radius 2 is 1.89 bits per heavy atom. The molecule has 1 heterocycles. The topological polar surface area (TPSA) is 34.1 Å². The number of benzene rings is 1. The summed E-state index contributed by atoms with van der Waals surface area (Å²) < 4.78 is 0. The van der Waals surface area contributed by atoms with Gasteiger partial charge in [0.1, 0.15) is 0 Å². The average molecular weight is 276 g/mol. The predicted octanol–water partition coefficient (Wildman–Crippen LogP) is 3.93. The molecular formula is C14H12O2S2. The highest BCUT2D eigenvalue weighted by molar-refractivity contribution is 8.00. The van der Waals surface area contributed by atoms with Crippen molar-refractivity contribution in [2.75, 3.05) is 5.75 Å². The van der Waals surface area contributed by atoms with Crippen molar-refractivity contribution < 1.29 is 9.59 Å². The van der Waals surface area contributed by atoms with Crippen molar-refractivity contribution in [2.45, 2.75) is 11.8 Å². The van der Waals surface area contributed by atoms with Crippen molar-refractivity contribution in [3.8, 4) is 0 Å². The number of Topliss-reactive ketones (excluding diaryl/α,β-unsaturated/α-hetero) is 2. The molecule has 92 valence electrons. The van der Waals surface area contributed by atoms with E-state index in [0.29, 0.717) is 11.3 Å². The zero-order chi connectivity index (χ0) is 13.0. The Labute approximate surface area is 114 Å². The van der Waals surface area contributed by atoms with Gasteiger partial charge < -0.3 is 0 Å². The summed E-state index contributed by atoms with van der Waals surface area (Å²) in [6, 6.07) is 11.1. The standard InChI is InChI=1S/C14H12O2S2/c1-10(15)11-4-6-12(7-5-11)18-9-13(16)14-3-2-8-17-14/h2-8H,9H2,1H3. The molecule has 1 aromatic carbocycles. The Balaban J connectivity index is 1.94. The summed E-state index contributed by atoms with van der Waals surface area (Å²) in [5.41, 5.74) is 0.698. The van der Waals surface area contributed by atoms with Crippen LogP contribution in [0.4, 0.5) is 0 Å². The quantitative estimate of drug-likeness (QED) is 0.613. The molecule has 0 aliphatic rings. The van der Waals surface area contributed by atoms with E-state index in [4.69, 9.17) is 0 Å². The molecule has 1 aromatic heterocycles. The summed E-state index contributed by atoms with van der Waals surface area (Å²) in [7, 11) is 0. The third-order valence-electron chi connectivity index (χ3n) is 2.43. The molecule has 0 fully saturated rings. The van der Waals surface area contributed by atoms with Gasteiger partial charge in [-0.1, -0.05) is 18.2 Å². The molecule has 4 heteroatoms. The van der Waals surface area contributed by atoms with E-state index < -0.39 is 0 Å². The van der Waals surface area contributed by atoms with Gasteiger partial charge in [0.15, 0.2) is 11.6 Å². The summed E-state index contributed by atoms with van der Waals surface area (Å²) in [4.78, 5) is 24.7. The molecule has 0 aliphatic heterocycles. The summed E-state index contributed by atoms with van der Waals surface area (Å²) >= 11 is 2.96. The van der Waals surface area contributed by atoms with Crippen LogP contribution in [-0.2, 0) is 0 Å². The minimum Gasteiger partial charge on any atom is -0.295 e. The molecule has 0 N–H and O–H groups in total. The van der Waals surface area contributed by atoms with Crippen LogP contribution in [0.15, 0.2) is 46.7 Å². The number of thiophene rings is 1. The maximum atomic E-state index is 11.8. The van der Waals surface area contributed by atoms with Gasteiger partial charge in [0.25, 0.3) is 0 Å². The SMILES string of the molecule is CC(=O)c1ccc(SCC(=O)c2cccs2)cc1. The summed E-state index contributed by atoms with van der Waals surface area (Å²) in [6.45, 7) is 1.54. The third-order valence-corrected chi connectivity index (χ3v) is 4.35. The van der Waals surface area contributed by atoms with Gasteiger partial charge in [-0.05, 0) is 30.5 Å². The second kappa shape index (κ2) is 5.98. The van der Waals surface area contributed by atoms with Crippen molar-refractivity contribution in [3.05, 3.63) is 52.2 Å². The summed E-state index contributed by atoms with van der Waals surface area (Å²) in [5.74, 6) is 0.631. The maximum absolute atomic E-state index is 11.8. The van der Waals surface area contributed by atoms with Crippen LogP contribution in [0, 0.1) is 0 Å². The van der Waals surface area contributed by atoms with E-state index >= 15 is 0 Å². The van der Waals surface area contributed by atoms with Crippen molar-refractivity contribution in [1.82, 2.24) is 0 Å². The first kappa shape index (κ1) is 13.1. The number of carbonyl (C=O) groups is 2. The van der Waals surface area contributed by atoms with Gasteiger partial charge in [0.05, 0.1) is 10.6 Å². The van der Waals surface area contributed by atoms with Gasteiger partial charge in [-0.25, -0.2) is 0 Å². The summed E-state index contributed by atoms with van der Waals surface area (Å²) in [5, 5.41) is 1.90. The van der Waals surface area contributed by atoms with E-state index in [-0.39, 0.29) is 11.6 Å². The third kappa shape index (κ3) is 3.31. The van der Waals surface area contributed by atoms with Crippen molar-refractivity contribution in [1.29, 1.82) is 0 Å². The monoisotopic (exact) mass is 276 g/mol. The van der Waals surface area contributed by atoms with Crippen LogP contribution >= 0.6 is 23.1 Å². The highest BCUT2D eigenvalue weighted by atomic mass is 32.2. The lowest BCUT2D eigenvalue weighted by Gasteiger charge is -2.01. The first-order chi connectivity index (χ1) is 8.66. The second-order valence-corrected chi connectivity index (χ2v) is 5.77. The molecule has 0 unspecified atom stereocenters. The fraction of sp³-hybridized carbons (Fsp3) is 0.143. The van der Waals surface area contributed by atoms with Crippen LogP contribution in [0.2, 0.25) is 0 Å². The van der Waals surface area contributed by atoms with Crippen LogP contribution in [0.3, 0.4) is 0 Å². The lowest BCUT2D eigenvalue weighted by Crippen LogP contribution is -1.99. The number of hydrogen-bond donors (Lipinski definition) is 0. The lowest BCUT2D eigenvalue weighted by molar-refractivity contribution is 0.101. The van der Waals surface area contributed by atoms with Gasteiger partial charge in [-0.2, -0.15) is 0 Å². The van der Waals surface area contributed by atoms with E-state index in [9.17, 15) is 9.59 Å². The van der Waals surface area contributed by atoms with E-state index in [1.54, 1.807) is 19.1 Å². The molecule has 2 nitrogen and oxygen atoms in total. The normalized spacial score (nSPS) is 10.3. The molecule has 0 spiro atoms. The van der Waals surface area contributed by atoms with Gasteiger partial charge in [-0.3, -0.25) is 9.59 Å². The summed E-state index contributed by atoms with van der Waals surface area (Å²) in [6.07, 6.45) is 0. The highest BCUT2D eigenvalue weighted by Gasteiger charge is 2.07. The molecule has 0 amide bonds. The van der Waals surface area contributed by atoms with Gasteiger partial charge in [0.2, 0.25) is 0 Å². The van der Waals surface area contributed by atoms with Crippen LogP contribution in [0.1, 0.15) is 27.0 Å². The minimum absolute atomic E-state index is 0.0567. The Bertz CT molecular complexity index is 542. The van der Waals surface area contributed by atoms with E-state index in [0.717, 1.165) is 9.77 Å². The van der Waals surface area contributed by atoms with Gasteiger partial charge in [0, 0.05) is 10.5 Å². The number of thioether (sulfide) groups is 1. The molecule has 0 radical (unpaired) electrons. The fourth-order valence-electron chi connectivity index (χ4n) is 1.44. The first-order valence-corrected chi connectivity index (χ1v) is 7.34. The van der Waals surface area contributed by atoms with Gasteiger partial charge >= 0.3 is 0 Å². The predicted molar refractivity (Wildman–Crippen MR) is 75.8 cm³/mol. The van der Waals surface area contributed by atoms with Crippen LogP contribution in [-0.4, -0.2) is 17.3 Å².